The molecule has 7 heteroatoms. The van der Waals surface area contributed by atoms with E-state index in [9.17, 15) is 18.0 Å². The molecular formula is C14H14N2O4S. The van der Waals surface area contributed by atoms with Gasteiger partial charge in [-0.2, -0.15) is 5.26 Å². The number of carbonyl (C=O) groups is 2. The summed E-state index contributed by atoms with van der Waals surface area (Å²) in [5.41, 5.74) is 0.248. The van der Waals surface area contributed by atoms with Gasteiger partial charge in [0, 0.05) is 18.9 Å². The standard InChI is InChI=1S/C14H14N2O4S/c1-10-7-13(17)16(14(10)18)5-6-21(19,20)12-4-2-3-11(8-12)9-15/h2-4,8,10H,5-7H2,1H3. The van der Waals surface area contributed by atoms with Gasteiger partial charge in [-0.1, -0.05) is 13.0 Å². The Kier molecular flexibility index (Phi) is 4.09. The summed E-state index contributed by atoms with van der Waals surface area (Å²) in [5.74, 6) is -1.40. The Morgan fingerprint density at radius 2 is 2.10 bits per heavy atom. The molecule has 1 fully saturated rings. The molecule has 1 aromatic carbocycles. The highest BCUT2D eigenvalue weighted by molar-refractivity contribution is 7.91. The van der Waals surface area contributed by atoms with Crippen molar-refractivity contribution in [3.63, 3.8) is 0 Å². The third-order valence-electron chi connectivity index (χ3n) is 3.38. The number of likely N-dealkylation sites (tertiary alicyclic amines) is 1. The predicted octanol–water partition coefficient (Wildman–Crippen LogP) is 0.727. The van der Waals surface area contributed by atoms with Crippen LogP contribution in [0.15, 0.2) is 29.2 Å². The lowest BCUT2D eigenvalue weighted by Crippen LogP contribution is -2.34. The Hall–Kier alpha value is -2.20. The van der Waals surface area contributed by atoms with Gasteiger partial charge in [0.2, 0.25) is 11.8 Å². The topological polar surface area (TPSA) is 95.3 Å². The molecule has 1 aliphatic heterocycles. The van der Waals surface area contributed by atoms with Crippen molar-refractivity contribution < 1.29 is 18.0 Å². The molecule has 1 aromatic rings. The summed E-state index contributed by atoms with van der Waals surface area (Å²) >= 11 is 0. The number of carbonyl (C=O) groups excluding carboxylic acids is 2. The Bertz CT molecular complexity index is 734. The molecule has 2 rings (SSSR count). The summed E-state index contributed by atoms with van der Waals surface area (Å²) in [4.78, 5) is 24.4. The van der Waals surface area contributed by atoms with Crippen molar-refractivity contribution in [1.29, 1.82) is 5.26 Å². The number of amides is 2. The third kappa shape index (κ3) is 3.11. The zero-order chi connectivity index (χ0) is 15.6. The molecule has 0 bridgehead atoms. The van der Waals surface area contributed by atoms with Crippen molar-refractivity contribution in [3.8, 4) is 6.07 Å². The van der Waals surface area contributed by atoms with Crippen molar-refractivity contribution in [2.24, 2.45) is 5.92 Å². The third-order valence-corrected chi connectivity index (χ3v) is 5.07. The quantitative estimate of drug-likeness (QED) is 0.764. The molecule has 0 aromatic heterocycles. The van der Waals surface area contributed by atoms with Crippen LogP contribution in [0.25, 0.3) is 0 Å². The van der Waals surface area contributed by atoms with Crippen molar-refractivity contribution in [2.45, 2.75) is 18.2 Å². The average molecular weight is 306 g/mol. The molecule has 1 unspecified atom stereocenters. The minimum absolute atomic E-state index is 0.0219. The van der Waals surface area contributed by atoms with Crippen LogP contribution < -0.4 is 0 Å². The van der Waals surface area contributed by atoms with E-state index in [1.54, 1.807) is 6.92 Å². The summed E-state index contributed by atoms with van der Waals surface area (Å²) < 4.78 is 24.4. The fraction of sp³-hybridized carbons (Fsp3) is 0.357. The lowest BCUT2D eigenvalue weighted by Gasteiger charge is -2.14. The highest BCUT2D eigenvalue weighted by Crippen LogP contribution is 2.20. The lowest BCUT2D eigenvalue weighted by molar-refractivity contribution is -0.138. The van der Waals surface area contributed by atoms with Crippen molar-refractivity contribution >= 4 is 21.7 Å². The molecule has 0 aliphatic carbocycles. The first-order valence-corrected chi connectivity index (χ1v) is 8.07. The number of hydrogen-bond donors (Lipinski definition) is 0. The molecule has 0 spiro atoms. The van der Waals surface area contributed by atoms with Gasteiger partial charge in [-0.15, -0.1) is 0 Å². The highest BCUT2D eigenvalue weighted by atomic mass is 32.2. The zero-order valence-electron chi connectivity index (χ0n) is 11.4. The van der Waals surface area contributed by atoms with Gasteiger partial charge < -0.3 is 0 Å². The van der Waals surface area contributed by atoms with E-state index in [0.717, 1.165) is 4.90 Å². The van der Waals surface area contributed by atoms with Crippen LogP contribution in [0.5, 0.6) is 0 Å². The fourth-order valence-corrected chi connectivity index (χ4v) is 3.42. The number of hydrogen-bond acceptors (Lipinski definition) is 5. The Morgan fingerprint density at radius 1 is 1.38 bits per heavy atom. The van der Waals surface area contributed by atoms with Gasteiger partial charge in [0.25, 0.3) is 0 Å². The fourth-order valence-electron chi connectivity index (χ4n) is 2.17. The Labute approximate surface area is 122 Å². The van der Waals surface area contributed by atoms with Crippen LogP contribution in [0.1, 0.15) is 18.9 Å². The monoisotopic (exact) mass is 306 g/mol. The molecule has 1 heterocycles. The van der Waals surface area contributed by atoms with Gasteiger partial charge in [-0.3, -0.25) is 14.5 Å². The van der Waals surface area contributed by atoms with Gasteiger partial charge in [0.15, 0.2) is 9.84 Å². The molecule has 1 saturated heterocycles. The van der Waals surface area contributed by atoms with E-state index >= 15 is 0 Å². The molecule has 6 nitrogen and oxygen atoms in total. The van der Waals surface area contributed by atoms with E-state index in [1.165, 1.54) is 24.3 Å². The van der Waals surface area contributed by atoms with Crippen LogP contribution in [0.2, 0.25) is 0 Å². The van der Waals surface area contributed by atoms with E-state index in [4.69, 9.17) is 5.26 Å². The summed E-state index contributed by atoms with van der Waals surface area (Å²) in [5, 5.41) is 8.79. The molecule has 1 aliphatic rings. The SMILES string of the molecule is CC1CC(=O)N(CCS(=O)(=O)c2cccc(C#N)c2)C1=O. The van der Waals surface area contributed by atoms with Gasteiger partial charge in [-0.05, 0) is 18.2 Å². The largest absolute Gasteiger partial charge is 0.281 e. The van der Waals surface area contributed by atoms with Crippen LogP contribution in [-0.4, -0.2) is 37.4 Å². The minimum Gasteiger partial charge on any atom is -0.281 e. The van der Waals surface area contributed by atoms with Gasteiger partial charge >= 0.3 is 0 Å². The number of sulfone groups is 1. The molecule has 110 valence electrons. The molecule has 1 atom stereocenters. The highest BCUT2D eigenvalue weighted by Gasteiger charge is 2.36. The summed E-state index contributed by atoms with van der Waals surface area (Å²) in [6.07, 6.45) is 0.128. The maximum absolute atomic E-state index is 12.2. The zero-order valence-corrected chi connectivity index (χ0v) is 12.3. The molecule has 21 heavy (non-hydrogen) atoms. The van der Waals surface area contributed by atoms with E-state index in [2.05, 4.69) is 0 Å². The van der Waals surface area contributed by atoms with Gasteiger partial charge in [0.05, 0.1) is 22.3 Å². The number of nitrogens with zero attached hydrogens (tertiary/aromatic N) is 2. The Balaban J connectivity index is 2.13. The van der Waals surface area contributed by atoms with Crippen LogP contribution in [0, 0.1) is 17.2 Å². The number of imide groups is 1. The van der Waals surface area contributed by atoms with Crippen LogP contribution in [0.4, 0.5) is 0 Å². The van der Waals surface area contributed by atoms with E-state index in [-0.39, 0.29) is 46.9 Å². The number of benzene rings is 1. The van der Waals surface area contributed by atoms with Crippen molar-refractivity contribution in [3.05, 3.63) is 29.8 Å². The van der Waals surface area contributed by atoms with Gasteiger partial charge in [0.1, 0.15) is 0 Å². The van der Waals surface area contributed by atoms with Crippen LogP contribution in [-0.2, 0) is 19.4 Å². The smallest absolute Gasteiger partial charge is 0.232 e. The van der Waals surface area contributed by atoms with Crippen molar-refractivity contribution in [2.75, 3.05) is 12.3 Å². The normalized spacial score (nSPS) is 18.9. The average Bonchev–Trinajstić information content (AvgIpc) is 2.70. The summed E-state index contributed by atoms with van der Waals surface area (Å²) in [6.45, 7) is 1.49. The van der Waals surface area contributed by atoms with E-state index in [1.807, 2.05) is 6.07 Å². The first kappa shape index (κ1) is 15.2. The second-order valence-electron chi connectivity index (χ2n) is 4.95. The van der Waals surface area contributed by atoms with Crippen LogP contribution >= 0.6 is 0 Å². The van der Waals surface area contributed by atoms with Crippen molar-refractivity contribution in [1.82, 2.24) is 4.90 Å². The maximum Gasteiger partial charge on any atom is 0.232 e. The lowest BCUT2D eigenvalue weighted by atomic mass is 10.1. The first-order valence-electron chi connectivity index (χ1n) is 6.42. The Morgan fingerprint density at radius 3 is 2.67 bits per heavy atom. The first-order chi connectivity index (χ1) is 9.85. The second kappa shape index (κ2) is 5.66. The molecule has 0 saturated carbocycles. The number of rotatable bonds is 4. The summed E-state index contributed by atoms with van der Waals surface area (Å²) in [7, 11) is -3.64. The van der Waals surface area contributed by atoms with Crippen LogP contribution in [0.3, 0.4) is 0 Å². The molecule has 0 radical (unpaired) electrons. The molecule has 0 N–H and O–H groups in total. The van der Waals surface area contributed by atoms with E-state index in [0.29, 0.717) is 0 Å². The minimum atomic E-state index is -3.64. The van der Waals surface area contributed by atoms with Gasteiger partial charge in [-0.25, -0.2) is 8.42 Å². The second-order valence-corrected chi connectivity index (χ2v) is 7.06. The molecule has 2 amide bonds. The van der Waals surface area contributed by atoms with E-state index < -0.39 is 9.84 Å². The maximum atomic E-state index is 12.2. The predicted molar refractivity (Wildman–Crippen MR) is 73.7 cm³/mol. The summed E-state index contributed by atoms with van der Waals surface area (Å²) in [6, 6.07) is 7.55. The molecular weight excluding hydrogens is 292 g/mol. The number of nitriles is 1.